The minimum atomic E-state index is -0.264. The zero-order valence-corrected chi connectivity index (χ0v) is 12.8. The number of hydrogen-bond acceptors (Lipinski definition) is 3. The summed E-state index contributed by atoms with van der Waals surface area (Å²) in [6, 6.07) is 9.07. The summed E-state index contributed by atoms with van der Waals surface area (Å²) < 4.78 is 4.99. The van der Waals surface area contributed by atoms with Gasteiger partial charge in [-0.25, -0.2) is 0 Å². The molecule has 0 radical (unpaired) electrons. The number of carbonyl (C=O) groups excluding carboxylic acids is 2. The van der Waals surface area contributed by atoms with Gasteiger partial charge in [-0.05, 0) is 49.6 Å². The van der Waals surface area contributed by atoms with Gasteiger partial charge >= 0.3 is 0 Å². The first-order chi connectivity index (χ1) is 10.6. The Hall–Kier alpha value is -2.56. The van der Waals surface area contributed by atoms with Crippen molar-refractivity contribution in [2.75, 3.05) is 11.9 Å². The van der Waals surface area contributed by atoms with E-state index in [9.17, 15) is 9.59 Å². The number of anilines is 1. The molecule has 2 N–H and O–H groups in total. The Balaban J connectivity index is 1.72. The Labute approximate surface area is 129 Å². The number of furan rings is 1. The van der Waals surface area contributed by atoms with Crippen LogP contribution in [0.15, 0.2) is 41.0 Å². The monoisotopic (exact) mass is 300 g/mol. The highest BCUT2D eigenvalue weighted by atomic mass is 16.3. The summed E-state index contributed by atoms with van der Waals surface area (Å²) in [4.78, 5) is 23.5. The number of benzene rings is 1. The molecule has 0 saturated heterocycles. The van der Waals surface area contributed by atoms with Crippen molar-refractivity contribution in [3.8, 4) is 0 Å². The molecular weight excluding hydrogens is 280 g/mol. The molecule has 0 saturated carbocycles. The molecule has 0 fully saturated rings. The lowest BCUT2D eigenvalue weighted by Gasteiger charge is -2.10. The minimum absolute atomic E-state index is 0.0547. The van der Waals surface area contributed by atoms with Crippen molar-refractivity contribution < 1.29 is 14.0 Å². The summed E-state index contributed by atoms with van der Waals surface area (Å²) in [5, 5.41) is 5.61. The molecule has 0 unspecified atom stereocenters. The predicted octanol–water partition coefficient (Wildman–Crippen LogP) is 3.05. The van der Waals surface area contributed by atoms with Gasteiger partial charge in [0.05, 0.1) is 6.26 Å². The number of carbonyl (C=O) groups is 2. The van der Waals surface area contributed by atoms with Gasteiger partial charge in [-0.15, -0.1) is 0 Å². The molecule has 0 aliphatic heterocycles. The van der Waals surface area contributed by atoms with Crippen molar-refractivity contribution in [2.45, 2.75) is 26.7 Å². The van der Waals surface area contributed by atoms with Crippen LogP contribution >= 0.6 is 0 Å². The van der Waals surface area contributed by atoms with Gasteiger partial charge < -0.3 is 15.1 Å². The molecule has 5 heteroatoms. The third kappa shape index (κ3) is 4.22. The molecule has 0 atom stereocenters. The fourth-order valence-corrected chi connectivity index (χ4v) is 2.04. The van der Waals surface area contributed by atoms with E-state index in [1.54, 1.807) is 12.1 Å². The lowest BCUT2D eigenvalue weighted by Crippen LogP contribution is -2.25. The van der Waals surface area contributed by atoms with Crippen LogP contribution in [0.2, 0.25) is 0 Å². The molecule has 116 valence electrons. The van der Waals surface area contributed by atoms with Gasteiger partial charge in [0.25, 0.3) is 5.91 Å². The number of amides is 2. The van der Waals surface area contributed by atoms with Crippen LogP contribution < -0.4 is 10.6 Å². The van der Waals surface area contributed by atoms with E-state index in [4.69, 9.17) is 4.42 Å². The molecule has 22 heavy (non-hydrogen) atoms. The highest BCUT2D eigenvalue weighted by Gasteiger charge is 2.09. The number of hydrogen-bond donors (Lipinski definition) is 2. The van der Waals surface area contributed by atoms with Crippen molar-refractivity contribution >= 4 is 17.5 Å². The summed E-state index contributed by atoms with van der Waals surface area (Å²) in [5.41, 5.74) is 3.05. The van der Waals surface area contributed by atoms with Crippen molar-refractivity contribution in [3.05, 3.63) is 53.5 Å². The Morgan fingerprint density at radius 2 is 1.95 bits per heavy atom. The fraction of sp³-hybridized carbons (Fsp3) is 0.294. The molecule has 2 amide bonds. The van der Waals surface area contributed by atoms with Gasteiger partial charge in [-0.1, -0.05) is 12.1 Å². The van der Waals surface area contributed by atoms with Crippen molar-refractivity contribution in [2.24, 2.45) is 0 Å². The molecule has 1 aromatic heterocycles. The summed E-state index contributed by atoms with van der Waals surface area (Å²) in [6.45, 7) is 4.42. The quantitative estimate of drug-likeness (QED) is 0.805. The lowest BCUT2D eigenvalue weighted by atomic mass is 10.1. The Kier molecular flexibility index (Phi) is 5.36. The summed E-state index contributed by atoms with van der Waals surface area (Å²) in [5.74, 6) is -0.0410. The van der Waals surface area contributed by atoms with Crippen LogP contribution in [0, 0.1) is 13.8 Å². The first kappa shape index (κ1) is 15.8. The van der Waals surface area contributed by atoms with E-state index in [-0.39, 0.29) is 17.6 Å². The van der Waals surface area contributed by atoms with Crippen LogP contribution in [0.1, 0.15) is 34.5 Å². The topological polar surface area (TPSA) is 71.3 Å². The predicted molar refractivity (Wildman–Crippen MR) is 84.8 cm³/mol. The molecule has 0 bridgehead atoms. The van der Waals surface area contributed by atoms with E-state index in [0.29, 0.717) is 19.4 Å². The number of rotatable bonds is 6. The second kappa shape index (κ2) is 7.45. The molecular formula is C17H20N2O3. The van der Waals surface area contributed by atoms with Gasteiger partial charge in [-0.2, -0.15) is 0 Å². The van der Waals surface area contributed by atoms with Crippen molar-refractivity contribution in [1.82, 2.24) is 5.32 Å². The molecule has 0 aliphatic rings. The van der Waals surface area contributed by atoms with E-state index in [2.05, 4.69) is 10.6 Å². The maximum Gasteiger partial charge on any atom is 0.286 e. The van der Waals surface area contributed by atoms with Crippen LogP contribution in [0.25, 0.3) is 0 Å². The van der Waals surface area contributed by atoms with Crippen LogP contribution in [-0.4, -0.2) is 18.4 Å². The average Bonchev–Trinajstić information content (AvgIpc) is 3.02. The fourth-order valence-electron chi connectivity index (χ4n) is 2.04. The van der Waals surface area contributed by atoms with Gasteiger partial charge in [-0.3, -0.25) is 9.59 Å². The SMILES string of the molecule is Cc1cccc(NC(=O)CCCNC(=O)c2ccco2)c1C. The van der Waals surface area contributed by atoms with Crippen LogP contribution in [-0.2, 0) is 4.79 Å². The van der Waals surface area contributed by atoms with E-state index in [0.717, 1.165) is 16.8 Å². The van der Waals surface area contributed by atoms with Gasteiger partial charge in [0, 0.05) is 18.7 Å². The Morgan fingerprint density at radius 3 is 2.68 bits per heavy atom. The molecule has 5 nitrogen and oxygen atoms in total. The lowest BCUT2D eigenvalue weighted by molar-refractivity contribution is -0.116. The van der Waals surface area contributed by atoms with E-state index in [1.807, 2.05) is 32.0 Å². The average molecular weight is 300 g/mol. The number of aryl methyl sites for hydroxylation is 1. The summed E-state index contributed by atoms with van der Waals surface area (Å²) in [6.07, 6.45) is 2.38. The van der Waals surface area contributed by atoms with Crippen LogP contribution in [0.4, 0.5) is 5.69 Å². The largest absolute Gasteiger partial charge is 0.459 e. The molecule has 1 heterocycles. The molecule has 0 aliphatic carbocycles. The zero-order valence-electron chi connectivity index (χ0n) is 12.8. The standard InChI is InChI=1S/C17H20N2O3/c1-12-6-3-7-14(13(12)2)19-16(20)9-4-10-18-17(21)15-8-5-11-22-15/h3,5-8,11H,4,9-10H2,1-2H3,(H,18,21)(H,19,20). The molecule has 2 aromatic rings. The van der Waals surface area contributed by atoms with E-state index >= 15 is 0 Å². The summed E-state index contributed by atoms with van der Waals surface area (Å²) in [7, 11) is 0. The second-order valence-corrected chi connectivity index (χ2v) is 5.13. The minimum Gasteiger partial charge on any atom is -0.459 e. The zero-order chi connectivity index (χ0) is 15.9. The smallest absolute Gasteiger partial charge is 0.286 e. The van der Waals surface area contributed by atoms with E-state index < -0.39 is 0 Å². The third-order valence-corrected chi connectivity index (χ3v) is 3.49. The Morgan fingerprint density at radius 1 is 1.14 bits per heavy atom. The first-order valence-corrected chi connectivity index (χ1v) is 7.25. The molecule has 2 rings (SSSR count). The van der Waals surface area contributed by atoms with Crippen molar-refractivity contribution in [3.63, 3.8) is 0 Å². The van der Waals surface area contributed by atoms with Gasteiger partial charge in [0.1, 0.15) is 0 Å². The molecule has 0 spiro atoms. The Bertz CT molecular complexity index is 648. The maximum absolute atomic E-state index is 11.9. The third-order valence-electron chi connectivity index (χ3n) is 3.49. The maximum atomic E-state index is 11.9. The highest BCUT2D eigenvalue weighted by molar-refractivity contribution is 5.92. The summed E-state index contributed by atoms with van der Waals surface area (Å²) >= 11 is 0. The number of nitrogens with one attached hydrogen (secondary N) is 2. The normalized spacial score (nSPS) is 10.3. The first-order valence-electron chi connectivity index (χ1n) is 7.25. The van der Waals surface area contributed by atoms with Gasteiger partial charge in [0.2, 0.25) is 5.91 Å². The van der Waals surface area contributed by atoms with Crippen LogP contribution in [0.5, 0.6) is 0 Å². The highest BCUT2D eigenvalue weighted by Crippen LogP contribution is 2.18. The van der Waals surface area contributed by atoms with Gasteiger partial charge in [0.15, 0.2) is 5.76 Å². The van der Waals surface area contributed by atoms with Crippen molar-refractivity contribution in [1.29, 1.82) is 0 Å². The second-order valence-electron chi connectivity index (χ2n) is 5.13. The van der Waals surface area contributed by atoms with Crippen LogP contribution in [0.3, 0.4) is 0 Å². The van der Waals surface area contributed by atoms with E-state index in [1.165, 1.54) is 6.26 Å². The molecule has 1 aromatic carbocycles.